The number of nitrogens with one attached hydrogen (secondary N) is 1. The van der Waals surface area contributed by atoms with Crippen molar-refractivity contribution in [2.75, 3.05) is 45.9 Å². The normalized spacial score (nSPS) is 20.2. The smallest absolute Gasteiger partial charge is 0.119 e. The first-order valence-electron chi connectivity index (χ1n) is 13.1. The van der Waals surface area contributed by atoms with E-state index in [0.717, 1.165) is 65.9 Å². The number of aromatic hydroxyl groups is 1. The number of hydrogen-bond donors (Lipinski definition) is 3. The van der Waals surface area contributed by atoms with Gasteiger partial charge in [-0.05, 0) is 89.9 Å². The molecule has 0 amide bonds. The fourth-order valence-corrected chi connectivity index (χ4v) is 5.60. The van der Waals surface area contributed by atoms with Gasteiger partial charge in [-0.3, -0.25) is 4.90 Å². The molecule has 3 aromatic rings. The third kappa shape index (κ3) is 5.81. The van der Waals surface area contributed by atoms with E-state index in [1.165, 1.54) is 18.7 Å². The molecule has 0 aliphatic carbocycles. The van der Waals surface area contributed by atoms with Gasteiger partial charge in [0.2, 0.25) is 0 Å². The summed E-state index contributed by atoms with van der Waals surface area (Å²) in [6, 6.07) is 26.0. The Hall–Kier alpha value is -3.12. The maximum absolute atomic E-state index is 9.88. The second-order valence-electron chi connectivity index (χ2n) is 9.90. The molecular formula is C31H36N2O3. The highest BCUT2D eigenvalue weighted by Gasteiger charge is 2.35. The quantitative estimate of drug-likeness (QED) is 0.366. The Labute approximate surface area is 214 Å². The van der Waals surface area contributed by atoms with Crippen LogP contribution in [0, 0.1) is 11.8 Å². The lowest BCUT2D eigenvalue weighted by molar-refractivity contribution is 0.228. The van der Waals surface area contributed by atoms with Crippen molar-refractivity contribution in [1.82, 2.24) is 10.2 Å². The number of nitrogens with zero attached hydrogens (tertiary/aromatic N) is 1. The molecule has 5 nitrogen and oxygen atoms in total. The molecule has 5 rings (SSSR count). The summed E-state index contributed by atoms with van der Waals surface area (Å²) in [5.74, 6) is 2.73. The molecule has 2 saturated heterocycles. The van der Waals surface area contributed by atoms with Crippen LogP contribution in [0.2, 0.25) is 0 Å². The lowest BCUT2D eigenvalue weighted by Crippen LogP contribution is -2.29. The molecule has 0 spiro atoms. The Balaban J connectivity index is 1.36. The van der Waals surface area contributed by atoms with Crippen LogP contribution in [0.3, 0.4) is 0 Å². The van der Waals surface area contributed by atoms with Gasteiger partial charge in [0.25, 0.3) is 0 Å². The van der Waals surface area contributed by atoms with Gasteiger partial charge in [-0.1, -0.05) is 54.6 Å². The van der Waals surface area contributed by atoms with Crippen LogP contribution in [-0.4, -0.2) is 61.1 Å². The third-order valence-corrected chi connectivity index (χ3v) is 7.45. The van der Waals surface area contributed by atoms with E-state index in [1.807, 2.05) is 42.5 Å². The minimum atomic E-state index is 0.140. The Bertz CT molecular complexity index is 1130. The van der Waals surface area contributed by atoms with Gasteiger partial charge in [0.1, 0.15) is 18.1 Å². The van der Waals surface area contributed by atoms with E-state index in [4.69, 9.17) is 4.74 Å². The largest absolute Gasteiger partial charge is 0.508 e. The number of ether oxygens (including phenoxy) is 1. The minimum Gasteiger partial charge on any atom is -0.508 e. The average molecular weight is 485 g/mol. The number of hydrogen-bond acceptors (Lipinski definition) is 5. The van der Waals surface area contributed by atoms with Gasteiger partial charge in [-0.2, -0.15) is 0 Å². The zero-order valence-electron chi connectivity index (χ0n) is 20.8. The maximum atomic E-state index is 9.88. The van der Waals surface area contributed by atoms with Crippen LogP contribution in [0.5, 0.6) is 11.5 Å². The Morgan fingerprint density at radius 3 is 2.11 bits per heavy atom. The Morgan fingerprint density at radius 1 is 0.833 bits per heavy atom. The summed E-state index contributed by atoms with van der Waals surface area (Å²) in [5.41, 5.74) is 5.55. The van der Waals surface area contributed by atoms with Gasteiger partial charge >= 0.3 is 0 Å². The second kappa shape index (κ2) is 11.7. The molecule has 2 heterocycles. The summed E-state index contributed by atoms with van der Waals surface area (Å²) in [6.07, 6.45) is 1.43. The molecule has 0 saturated carbocycles. The number of rotatable bonds is 10. The van der Waals surface area contributed by atoms with Crippen LogP contribution in [0.15, 0.2) is 78.9 Å². The molecule has 0 bridgehead atoms. The van der Waals surface area contributed by atoms with Crippen molar-refractivity contribution in [1.29, 1.82) is 0 Å². The van der Waals surface area contributed by atoms with Crippen molar-refractivity contribution in [3.63, 3.8) is 0 Å². The second-order valence-corrected chi connectivity index (χ2v) is 9.90. The van der Waals surface area contributed by atoms with Crippen molar-refractivity contribution < 1.29 is 14.9 Å². The van der Waals surface area contributed by atoms with E-state index in [2.05, 4.69) is 34.5 Å². The van der Waals surface area contributed by atoms with E-state index >= 15 is 0 Å². The summed E-state index contributed by atoms with van der Waals surface area (Å²) >= 11 is 0. The highest BCUT2D eigenvalue weighted by Crippen LogP contribution is 2.36. The van der Waals surface area contributed by atoms with Crippen molar-refractivity contribution in [2.24, 2.45) is 11.8 Å². The monoisotopic (exact) mass is 484 g/mol. The first-order valence-corrected chi connectivity index (χ1v) is 13.1. The van der Waals surface area contributed by atoms with Crippen LogP contribution in [-0.2, 0) is 0 Å². The Kier molecular flexibility index (Phi) is 8.01. The van der Waals surface area contributed by atoms with E-state index in [-0.39, 0.29) is 12.4 Å². The van der Waals surface area contributed by atoms with Crippen LogP contribution in [0.4, 0.5) is 0 Å². The summed E-state index contributed by atoms with van der Waals surface area (Å²) < 4.78 is 6.12. The van der Waals surface area contributed by atoms with Gasteiger partial charge in [0, 0.05) is 26.2 Å². The molecule has 5 heteroatoms. The molecule has 2 aliphatic heterocycles. The molecule has 2 atom stereocenters. The van der Waals surface area contributed by atoms with Gasteiger partial charge in [-0.15, -0.1) is 0 Å². The van der Waals surface area contributed by atoms with Crippen LogP contribution in [0.25, 0.3) is 11.1 Å². The third-order valence-electron chi connectivity index (χ3n) is 7.45. The molecule has 36 heavy (non-hydrogen) atoms. The van der Waals surface area contributed by atoms with Crippen molar-refractivity contribution in [3.8, 4) is 11.5 Å². The minimum absolute atomic E-state index is 0.140. The van der Waals surface area contributed by atoms with E-state index in [0.29, 0.717) is 13.0 Å². The molecular weight excluding hydrogens is 448 g/mol. The van der Waals surface area contributed by atoms with Crippen LogP contribution >= 0.6 is 0 Å². The maximum Gasteiger partial charge on any atom is 0.119 e. The number of aliphatic hydroxyl groups excluding tert-OH is 1. The topological polar surface area (TPSA) is 65.0 Å². The van der Waals surface area contributed by atoms with Gasteiger partial charge < -0.3 is 20.3 Å². The number of allylic oxidation sites excluding steroid dienone is 1. The molecule has 3 N–H and O–H groups in total. The number of benzene rings is 3. The lowest BCUT2D eigenvalue weighted by atomic mass is 9.87. The molecule has 3 aromatic carbocycles. The number of aliphatic hydroxyl groups is 1. The highest BCUT2D eigenvalue weighted by atomic mass is 16.5. The van der Waals surface area contributed by atoms with Crippen LogP contribution < -0.4 is 10.1 Å². The summed E-state index contributed by atoms with van der Waals surface area (Å²) in [5, 5.41) is 23.0. The summed E-state index contributed by atoms with van der Waals surface area (Å²) in [6.45, 7) is 6.47. The number of likely N-dealkylation sites (tertiary alicyclic amines) is 1. The molecule has 0 aromatic heterocycles. The number of phenolic OH excluding ortho intramolecular Hbond substituents is 1. The van der Waals surface area contributed by atoms with Crippen molar-refractivity contribution in [3.05, 3.63) is 95.6 Å². The van der Waals surface area contributed by atoms with Crippen molar-refractivity contribution >= 4 is 11.1 Å². The summed E-state index contributed by atoms with van der Waals surface area (Å²) in [7, 11) is 0. The molecule has 2 aliphatic rings. The zero-order valence-corrected chi connectivity index (χ0v) is 20.8. The molecule has 188 valence electrons. The first-order chi connectivity index (χ1) is 17.7. The van der Waals surface area contributed by atoms with Crippen LogP contribution in [0.1, 0.15) is 29.5 Å². The zero-order chi connectivity index (χ0) is 24.7. The van der Waals surface area contributed by atoms with E-state index in [9.17, 15) is 10.2 Å². The first kappa shape index (κ1) is 24.6. The fraction of sp³-hybridized carbons (Fsp3) is 0.355. The fourth-order valence-electron chi connectivity index (χ4n) is 5.60. The standard InChI is InChI=1S/C31H36N2O3/c34-17-4-7-30(23-5-2-1-3-6-23)31(24-8-12-28(35)13-9-24)25-10-14-29(15-11-25)36-18-16-33-21-26-19-32-20-27(26)22-33/h1-3,5-6,8-15,26-27,32,34-35H,4,7,16-22H2/t26-,27+. The van der Waals surface area contributed by atoms with Gasteiger partial charge in [0.05, 0.1) is 0 Å². The van der Waals surface area contributed by atoms with Crippen molar-refractivity contribution in [2.45, 2.75) is 12.8 Å². The predicted molar refractivity (Wildman–Crippen MR) is 145 cm³/mol. The Morgan fingerprint density at radius 2 is 1.47 bits per heavy atom. The lowest BCUT2D eigenvalue weighted by Gasteiger charge is -2.19. The van der Waals surface area contributed by atoms with E-state index < -0.39 is 0 Å². The average Bonchev–Trinajstić information content (AvgIpc) is 3.51. The SMILES string of the molecule is OCCCC(=C(c1ccc(O)cc1)c1ccc(OCCN2C[C@H]3CNC[C@H]3C2)cc1)c1ccccc1. The summed E-state index contributed by atoms with van der Waals surface area (Å²) in [4.78, 5) is 2.53. The number of phenols is 1. The highest BCUT2D eigenvalue weighted by molar-refractivity contribution is 5.98. The molecule has 2 fully saturated rings. The van der Waals surface area contributed by atoms with Gasteiger partial charge in [-0.25, -0.2) is 0 Å². The predicted octanol–water partition coefficient (Wildman–Crippen LogP) is 4.65. The van der Waals surface area contributed by atoms with Gasteiger partial charge in [0.15, 0.2) is 0 Å². The number of fused-ring (bicyclic) bond motifs is 1. The van der Waals surface area contributed by atoms with E-state index in [1.54, 1.807) is 12.1 Å². The molecule has 0 radical (unpaired) electrons. The molecule has 0 unspecified atom stereocenters.